The highest BCUT2D eigenvalue weighted by molar-refractivity contribution is 9.10. The van der Waals surface area contributed by atoms with E-state index in [-0.39, 0.29) is 6.61 Å². The zero-order chi connectivity index (χ0) is 23.7. The topological polar surface area (TPSA) is 77.4 Å². The molecule has 0 spiro atoms. The Hall–Kier alpha value is -2.45. The second-order valence-electron chi connectivity index (χ2n) is 8.89. The molecule has 178 valence electrons. The van der Waals surface area contributed by atoms with Crippen molar-refractivity contribution in [1.82, 2.24) is 9.55 Å². The molecule has 1 atom stereocenters. The molecule has 8 heteroatoms. The van der Waals surface area contributed by atoms with Gasteiger partial charge in [-0.2, -0.15) is 0 Å². The lowest BCUT2D eigenvalue weighted by atomic mass is 9.94. The molecule has 1 aliphatic rings. The highest BCUT2D eigenvalue weighted by atomic mass is 79.9. The summed E-state index contributed by atoms with van der Waals surface area (Å²) in [5.41, 5.74) is 6.64. The fraction of sp³-hybridized carbons (Fsp3) is 0.480. The number of hydrogen-bond acceptors (Lipinski definition) is 6. The minimum atomic E-state index is 0.246. The van der Waals surface area contributed by atoms with Crippen LogP contribution in [-0.2, 0) is 0 Å². The SMILES string of the molecule is CNc1cc(N2CCCC(CCO)C2)c2c(NC)c(NC)n(-c3c(C)cc(Br)cc3C)c2n1. The summed E-state index contributed by atoms with van der Waals surface area (Å²) >= 11 is 3.64. The minimum Gasteiger partial charge on any atom is -0.396 e. The highest BCUT2D eigenvalue weighted by Gasteiger charge is 2.28. The summed E-state index contributed by atoms with van der Waals surface area (Å²) in [7, 11) is 5.86. The molecule has 0 aliphatic carbocycles. The number of benzene rings is 1. The number of hydrogen-bond donors (Lipinski definition) is 4. The Kier molecular flexibility index (Phi) is 7.05. The van der Waals surface area contributed by atoms with Crippen molar-refractivity contribution >= 4 is 50.0 Å². The molecule has 7 nitrogen and oxygen atoms in total. The van der Waals surface area contributed by atoms with Gasteiger partial charge in [0.05, 0.1) is 22.4 Å². The summed E-state index contributed by atoms with van der Waals surface area (Å²) in [6.07, 6.45) is 3.15. The third kappa shape index (κ3) is 4.26. The van der Waals surface area contributed by atoms with Gasteiger partial charge in [0.15, 0.2) is 5.65 Å². The van der Waals surface area contributed by atoms with E-state index in [4.69, 9.17) is 4.98 Å². The first-order chi connectivity index (χ1) is 15.9. The largest absolute Gasteiger partial charge is 0.396 e. The second kappa shape index (κ2) is 9.81. The highest BCUT2D eigenvalue weighted by Crippen LogP contribution is 2.45. The van der Waals surface area contributed by atoms with Gasteiger partial charge in [0.2, 0.25) is 0 Å². The Balaban J connectivity index is 2.03. The Morgan fingerprint density at radius 2 is 1.82 bits per heavy atom. The van der Waals surface area contributed by atoms with E-state index in [2.05, 4.69) is 73.4 Å². The van der Waals surface area contributed by atoms with Crippen LogP contribution in [0, 0.1) is 19.8 Å². The molecular formula is C25H35BrN6O. The molecule has 3 aromatic rings. The van der Waals surface area contributed by atoms with E-state index in [0.717, 1.165) is 64.4 Å². The number of pyridine rings is 1. The number of rotatable bonds is 7. The quantitative estimate of drug-likeness (QED) is 0.350. The predicted octanol–water partition coefficient (Wildman–Crippen LogP) is 5.13. The molecule has 4 rings (SSSR count). The fourth-order valence-electron chi connectivity index (χ4n) is 5.29. The van der Waals surface area contributed by atoms with Crippen LogP contribution in [0.1, 0.15) is 30.4 Å². The molecule has 1 aromatic carbocycles. The first-order valence-electron chi connectivity index (χ1n) is 11.7. The van der Waals surface area contributed by atoms with E-state index in [1.807, 2.05) is 21.1 Å². The van der Waals surface area contributed by atoms with Gasteiger partial charge in [-0.3, -0.25) is 4.57 Å². The number of nitrogens with one attached hydrogen (secondary N) is 3. The van der Waals surface area contributed by atoms with Gasteiger partial charge in [-0.15, -0.1) is 0 Å². The van der Waals surface area contributed by atoms with Crippen molar-refractivity contribution in [3.05, 3.63) is 33.8 Å². The normalized spacial score (nSPS) is 16.3. The summed E-state index contributed by atoms with van der Waals surface area (Å²) in [5, 5.41) is 20.8. The summed E-state index contributed by atoms with van der Waals surface area (Å²) in [5.74, 6) is 2.34. The standard InChI is InChI=1S/C25H35BrN6O/c1-15-11-18(26)12-16(2)23(15)32-24-21(22(28-4)25(32)29-5)19(13-20(27-3)30-24)31-9-6-7-17(14-31)8-10-33/h11-13,17,28-29,33H,6-10,14H2,1-5H3,(H,27,30). The van der Waals surface area contributed by atoms with Crippen molar-refractivity contribution in [2.45, 2.75) is 33.1 Å². The lowest BCUT2D eigenvalue weighted by Gasteiger charge is -2.35. The molecule has 2 aromatic heterocycles. The van der Waals surface area contributed by atoms with Gasteiger partial charge in [-0.25, -0.2) is 4.98 Å². The van der Waals surface area contributed by atoms with E-state index in [9.17, 15) is 5.11 Å². The number of halogens is 1. The van der Waals surface area contributed by atoms with Crippen LogP contribution >= 0.6 is 15.9 Å². The molecular weight excluding hydrogens is 480 g/mol. The molecule has 0 bridgehead atoms. The molecule has 1 unspecified atom stereocenters. The van der Waals surface area contributed by atoms with Crippen LogP contribution in [-0.4, -0.2) is 55.5 Å². The van der Waals surface area contributed by atoms with Crippen molar-refractivity contribution in [1.29, 1.82) is 0 Å². The van der Waals surface area contributed by atoms with Crippen LogP contribution in [0.25, 0.3) is 16.7 Å². The molecule has 0 saturated carbocycles. The van der Waals surface area contributed by atoms with Gasteiger partial charge in [-0.1, -0.05) is 15.9 Å². The first-order valence-corrected chi connectivity index (χ1v) is 12.5. The summed E-state index contributed by atoms with van der Waals surface area (Å²) in [6.45, 7) is 6.48. The zero-order valence-corrected chi connectivity index (χ0v) is 21.8. The average molecular weight is 516 g/mol. The van der Waals surface area contributed by atoms with Crippen molar-refractivity contribution < 1.29 is 5.11 Å². The maximum atomic E-state index is 9.52. The second-order valence-corrected chi connectivity index (χ2v) is 9.80. The van der Waals surface area contributed by atoms with Gasteiger partial charge in [-0.05, 0) is 62.3 Å². The Bertz CT molecular complexity index is 1130. The third-order valence-corrected chi connectivity index (χ3v) is 7.18. The molecule has 4 N–H and O–H groups in total. The number of fused-ring (bicyclic) bond motifs is 1. The van der Waals surface area contributed by atoms with E-state index in [1.165, 1.54) is 23.2 Å². The predicted molar refractivity (Wildman–Crippen MR) is 144 cm³/mol. The molecule has 1 saturated heterocycles. The van der Waals surface area contributed by atoms with Gasteiger partial charge in [0, 0.05) is 51.4 Å². The van der Waals surface area contributed by atoms with Gasteiger partial charge in [0.25, 0.3) is 0 Å². The summed E-state index contributed by atoms with van der Waals surface area (Å²) in [6, 6.07) is 6.47. The molecule has 0 radical (unpaired) electrons. The van der Waals surface area contributed by atoms with Crippen molar-refractivity contribution in [3.8, 4) is 5.69 Å². The maximum Gasteiger partial charge on any atom is 0.152 e. The Morgan fingerprint density at radius 1 is 1.09 bits per heavy atom. The van der Waals surface area contributed by atoms with Crippen LogP contribution < -0.4 is 20.9 Å². The number of aliphatic hydroxyl groups is 1. The fourth-order valence-corrected chi connectivity index (χ4v) is 5.98. The Morgan fingerprint density at radius 3 is 2.42 bits per heavy atom. The molecule has 1 fully saturated rings. The third-order valence-electron chi connectivity index (χ3n) is 6.72. The van der Waals surface area contributed by atoms with Crippen LogP contribution in [0.2, 0.25) is 0 Å². The summed E-state index contributed by atoms with van der Waals surface area (Å²) < 4.78 is 3.32. The first kappa shape index (κ1) is 23.7. The maximum absolute atomic E-state index is 9.52. The van der Waals surface area contributed by atoms with Crippen molar-refractivity contribution in [3.63, 3.8) is 0 Å². The Labute approximate surface area is 204 Å². The molecule has 3 heterocycles. The number of piperidine rings is 1. The lowest BCUT2D eigenvalue weighted by molar-refractivity contribution is 0.244. The lowest BCUT2D eigenvalue weighted by Crippen LogP contribution is -2.36. The van der Waals surface area contributed by atoms with Gasteiger partial charge >= 0.3 is 0 Å². The van der Waals surface area contributed by atoms with E-state index in [0.29, 0.717) is 5.92 Å². The van der Waals surface area contributed by atoms with Crippen molar-refractivity contribution in [2.24, 2.45) is 5.92 Å². The molecule has 33 heavy (non-hydrogen) atoms. The van der Waals surface area contributed by atoms with Gasteiger partial charge < -0.3 is 26.0 Å². The van der Waals surface area contributed by atoms with Crippen LogP contribution in [0.4, 0.5) is 23.0 Å². The smallest absolute Gasteiger partial charge is 0.152 e. The number of nitrogens with zero attached hydrogens (tertiary/aromatic N) is 3. The van der Waals surface area contributed by atoms with Crippen LogP contribution in [0.3, 0.4) is 0 Å². The van der Waals surface area contributed by atoms with Crippen LogP contribution in [0.15, 0.2) is 22.7 Å². The minimum absolute atomic E-state index is 0.246. The average Bonchev–Trinajstić information content (AvgIpc) is 3.11. The summed E-state index contributed by atoms with van der Waals surface area (Å²) in [4.78, 5) is 7.53. The molecule has 1 aliphatic heterocycles. The van der Waals surface area contributed by atoms with E-state index >= 15 is 0 Å². The number of aliphatic hydroxyl groups excluding tert-OH is 1. The number of aryl methyl sites for hydroxylation is 2. The van der Waals surface area contributed by atoms with E-state index in [1.54, 1.807) is 0 Å². The van der Waals surface area contributed by atoms with Crippen molar-refractivity contribution in [2.75, 3.05) is 61.7 Å². The number of aromatic nitrogens is 2. The monoisotopic (exact) mass is 514 g/mol. The number of anilines is 4. The van der Waals surface area contributed by atoms with Crippen LogP contribution in [0.5, 0.6) is 0 Å². The molecule has 0 amide bonds. The van der Waals surface area contributed by atoms with E-state index < -0.39 is 0 Å². The van der Waals surface area contributed by atoms with Gasteiger partial charge in [0.1, 0.15) is 11.6 Å². The zero-order valence-electron chi connectivity index (χ0n) is 20.2.